The van der Waals surface area contributed by atoms with Crippen LogP contribution in [0.15, 0.2) is 18.2 Å². The van der Waals surface area contributed by atoms with Gasteiger partial charge < -0.3 is 14.2 Å². The van der Waals surface area contributed by atoms with Gasteiger partial charge in [0.05, 0.1) is 0 Å². The van der Waals surface area contributed by atoms with Gasteiger partial charge in [0.25, 0.3) is 0 Å². The lowest BCUT2D eigenvalue weighted by atomic mass is 10.1. The molecule has 0 bridgehead atoms. The quantitative estimate of drug-likeness (QED) is 0.711. The van der Waals surface area contributed by atoms with Crippen molar-refractivity contribution < 1.29 is 19.0 Å². The third-order valence-electron chi connectivity index (χ3n) is 2.87. The van der Waals surface area contributed by atoms with Crippen LogP contribution in [0.3, 0.4) is 0 Å². The number of hydrogen-bond donors (Lipinski definition) is 0. The van der Waals surface area contributed by atoms with Gasteiger partial charge in [-0.25, -0.2) is 0 Å². The van der Waals surface area contributed by atoms with Gasteiger partial charge >= 0.3 is 5.97 Å². The van der Waals surface area contributed by atoms with Gasteiger partial charge in [0.2, 0.25) is 6.79 Å². The first-order valence-electron chi connectivity index (χ1n) is 5.39. The van der Waals surface area contributed by atoms with Crippen LogP contribution in [0.4, 0.5) is 0 Å². The van der Waals surface area contributed by atoms with Crippen molar-refractivity contribution in [3.8, 4) is 11.5 Å². The molecule has 1 aromatic carbocycles. The summed E-state index contributed by atoms with van der Waals surface area (Å²) in [5, 5.41) is 0. The van der Waals surface area contributed by atoms with E-state index in [1.807, 2.05) is 18.2 Å². The van der Waals surface area contributed by atoms with Crippen molar-refractivity contribution in [3.05, 3.63) is 23.8 Å². The van der Waals surface area contributed by atoms with Crippen LogP contribution < -0.4 is 9.47 Å². The van der Waals surface area contributed by atoms with Gasteiger partial charge in [0.1, 0.15) is 6.10 Å². The molecule has 0 N–H and O–H groups in total. The molecule has 0 spiro atoms. The number of hydrogen-bond acceptors (Lipinski definition) is 4. The van der Waals surface area contributed by atoms with E-state index in [-0.39, 0.29) is 18.9 Å². The Labute approximate surface area is 93.1 Å². The van der Waals surface area contributed by atoms with Gasteiger partial charge in [-0.05, 0) is 24.1 Å². The number of rotatable bonds is 2. The third-order valence-corrected chi connectivity index (χ3v) is 2.87. The van der Waals surface area contributed by atoms with E-state index in [1.165, 1.54) is 0 Å². The number of carbonyl (C=O) groups excluding carboxylic acids is 1. The van der Waals surface area contributed by atoms with Crippen LogP contribution in [0, 0.1) is 0 Å². The Kier molecular flexibility index (Phi) is 2.20. The lowest BCUT2D eigenvalue weighted by Crippen LogP contribution is -2.10. The second-order valence-electron chi connectivity index (χ2n) is 4.04. The second kappa shape index (κ2) is 3.70. The first-order chi connectivity index (χ1) is 7.81. The third kappa shape index (κ3) is 1.71. The fourth-order valence-corrected chi connectivity index (χ4v) is 2.06. The Morgan fingerprint density at radius 3 is 2.94 bits per heavy atom. The van der Waals surface area contributed by atoms with Crippen LogP contribution in [-0.4, -0.2) is 18.9 Å². The Balaban J connectivity index is 1.73. The van der Waals surface area contributed by atoms with E-state index < -0.39 is 0 Å². The lowest BCUT2D eigenvalue weighted by Gasteiger charge is -2.09. The number of ether oxygens (including phenoxy) is 3. The smallest absolute Gasteiger partial charge is 0.306 e. The molecule has 1 aromatic rings. The summed E-state index contributed by atoms with van der Waals surface area (Å²) in [6.45, 7) is 0.289. The van der Waals surface area contributed by atoms with Crippen LogP contribution in [0.25, 0.3) is 0 Å². The van der Waals surface area contributed by atoms with Crippen molar-refractivity contribution in [2.24, 2.45) is 0 Å². The van der Waals surface area contributed by atoms with E-state index in [9.17, 15) is 4.79 Å². The van der Waals surface area contributed by atoms with E-state index in [0.717, 1.165) is 29.9 Å². The van der Waals surface area contributed by atoms with Gasteiger partial charge in [-0.1, -0.05) is 6.07 Å². The van der Waals surface area contributed by atoms with Crippen LogP contribution >= 0.6 is 0 Å². The highest BCUT2D eigenvalue weighted by molar-refractivity contribution is 5.71. The van der Waals surface area contributed by atoms with Crippen molar-refractivity contribution in [1.29, 1.82) is 0 Å². The minimum Gasteiger partial charge on any atom is -0.462 e. The number of carbonyl (C=O) groups is 1. The highest BCUT2D eigenvalue weighted by Crippen LogP contribution is 2.33. The molecule has 84 valence electrons. The van der Waals surface area contributed by atoms with Crippen LogP contribution in [-0.2, 0) is 16.0 Å². The van der Waals surface area contributed by atoms with Crippen LogP contribution in [0.1, 0.15) is 18.4 Å². The van der Waals surface area contributed by atoms with Gasteiger partial charge in [-0.15, -0.1) is 0 Å². The minimum atomic E-state index is -0.0919. The lowest BCUT2D eigenvalue weighted by molar-refractivity contribution is -0.141. The average molecular weight is 220 g/mol. The van der Waals surface area contributed by atoms with E-state index in [2.05, 4.69) is 0 Å². The molecule has 4 heteroatoms. The number of fused-ring (bicyclic) bond motifs is 1. The van der Waals surface area contributed by atoms with Gasteiger partial charge in [0.15, 0.2) is 11.5 Å². The largest absolute Gasteiger partial charge is 0.462 e. The van der Waals surface area contributed by atoms with Crippen molar-refractivity contribution in [3.63, 3.8) is 0 Å². The number of esters is 1. The second-order valence-corrected chi connectivity index (χ2v) is 4.04. The van der Waals surface area contributed by atoms with Crippen molar-refractivity contribution >= 4 is 5.97 Å². The molecule has 0 radical (unpaired) electrons. The fraction of sp³-hybridized carbons (Fsp3) is 0.417. The zero-order valence-electron chi connectivity index (χ0n) is 8.77. The summed E-state index contributed by atoms with van der Waals surface area (Å²) in [7, 11) is 0. The summed E-state index contributed by atoms with van der Waals surface area (Å²) >= 11 is 0. The monoisotopic (exact) mass is 220 g/mol. The molecule has 0 aromatic heterocycles. The molecule has 1 fully saturated rings. The summed E-state index contributed by atoms with van der Waals surface area (Å²) in [4.78, 5) is 11.0. The molecule has 2 heterocycles. The van der Waals surface area contributed by atoms with Gasteiger partial charge in [-0.3, -0.25) is 4.79 Å². The molecule has 0 aliphatic carbocycles. The molecule has 1 saturated heterocycles. The molecule has 3 rings (SSSR count). The fourth-order valence-electron chi connectivity index (χ4n) is 2.06. The topological polar surface area (TPSA) is 44.8 Å². The summed E-state index contributed by atoms with van der Waals surface area (Å²) < 4.78 is 15.7. The molecule has 4 nitrogen and oxygen atoms in total. The molecule has 2 aliphatic rings. The molecule has 0 saturated carbocycles. The Hall–Kier alpha value is -1.71. The molecule has 16 heavy (non-hydrogen) atoms. The van der Waals surface area contributed by atoms with Crippen molar-refractivity contribution in [2.75, 3.05) is 6.79 Å². The van der Waals surface area contributed by atoms with Crippen LogP contribution in [0.2, 0.25) is 0 Å². The highest BCUT2D eigenvalue weighted by atomic mass is 16.7. The SMILES string of the molecule is O=C1CCC(Cc2ccc3c(c2)OCO3)O1. The van der Waals surface area contributed by atoms with E-state index in [4.69, 9.17) is 14.2 Å². The summed E-state index contributed by atoms with van der Waals surface area (Å²) in [5.74, 6) is 1.47. The Morgan fingerprint density at radius 1 is 1.25 bits per heavy atom. The zero-order valence-corrected chi connectivity index (χ0v) is 8.77. The number of cyclic esters (lactones) is 1. The predicted molar refractivity (Wildman–Crippen MR) is 55.4 cm³/mol. The molecular weight excluding hydrogens is 208 g/mol. The Bertz CT molecular complexity index is 427. The van der Waals surface area contributed by atoms with Crippen molar-refractivity contribution in [1.82, 2.24) is 0 Å². The summed E-state index contributed by atoms with van der Waals surface area (Å²) in [6, 6.07) is 5.84. The first kappa shape index (κ1) is 9.51. The molecule has 1 unspecified atom stereocenters. The maximum atomic E-state index is 11.0. The van der Waals surface area contributed by atoms with E-state index in [1.54, 1.807) is 0 Å². The Morgan fingerprint density at radius 2 is 2.12 bits per heavy atom. The van der Waals surface area contributed by atoms with Gasteiger partial charge in [-0.2, -0.15) is 0 Å². The maximum Gasteiger partial charge on any atom is 0.306 e. The van der Waals surface area contributed by atoms with E-state index in [0.29, 0.717) is 6.42 Å². The highest BCUT2D eigenvalue weighted by Gasteiger charge is 2.24. The zero-order chi connectivity index (χ0) is 11.0. The summed E-state index contributed by atoms with van der Waals surface area (Å²) in [6.07, 6.45) is 2.12. The maximum absolute atomic E-state index is 11.0. The predicted octanol–water partition coefficient (Wildman–Crippen LogP) is 1.66. The first-order valence-corrected chi connectivity index (χ1v) is 5.39. The van der Waals surface area contributed by atoms with Crippen molar-refractivity contribution in [2.45, 2.75) is 25.4 Å². The molecule has 0 amide bonds. The average Bonchev–Trinajstić information content (AvgIpc) is 2.87. The minimum absolute atomic E-state index is 0.0212. The van der Waals surface area contributed by atoms with Gasteiger partial charge in [0, 0.05) is 12.8 Å². The van der Waals surface area contributed by atoms with Crippen LogP contribution in [0.5, 0.6) is 11.5 Å². The standard InChI is InChI=1S/C12H12O4/c13-12-4-2-9(16-12)5-8-1-3-10-11(6-8)15-7-14-10/h1,3,6,9H,2,4-5,7H2. The molecule has 2 aliphatic heterocycles. The summed E-state index contributed by atoms with van der Waals surface area (Å²) in [5.41, 5.74) is 1.11. The molecule has 1 atom stereocenters. The number of benzene rings is 1. The van der Waals surface area contributed by atoms with E-state index >= 15 is 0 Å². The normalized spacial score (nSPS) is 22.2. The molecular formula is C12H12O4.